The van der Waals surface area contributed by atoms with Crippen molar-refractivity contribution < 1.29 is 14.0 Å². The standard InChI is InChI=1S/C31H33N3O3S/c1-22-12-11-13-23(2)28(22)33-29(36)31(18-9-4-10-19-31)34(20-24-14-5-3-6-15-24)27(35)21-38-30-32-25-16-7-8-17-26(25)37-30/h3,5-8,11-17H,4,9-10,18-21H2,1-2H3,(H,33,36). The molecule has 0 atom stereocenters. The summed E-state index contributed by atoms with van der Waals surface area (Å²) in [5, 5.41) is 3.69. The number of nitrogens with zero attached hydrogens (tertiary/aromatic N) is 2. The highest BCUT2D eigenvalue weighted by Crippen LogP contribution is 2.38. The van der Waals surface area contributed by atoms with Crippen LogP contribution >= 0.6 is 11.8 Å². The first-order valence-corrected chi connectivity index (χ1v) is 14.2. The molecule has 5 rings (SSSR count). The van der Waals surface area contributed by atoms with Crippen LogP contribution in [0, 0.1) is 13.8 Å². The first-order valence-electron chi connectivity index (χ1n) is 13.2. The van der Waals surface area contributed by atoms with E-state index in [-0.39, 0.29) is 17.6 Å². The largest absolute Gasteiger partial charge is 0.431 e. The molecule has 7 heteroatoms. The minimum absolute atomic E-state index is 0.0975. The number of carbonyl (C=O) groups excluding carboxylic acids is 2. The van der Waals surface area contributed by atoms with Crippen LogP contribution in [0.15, 0.2) is 82.4 Å². The van der Waals surface area contributed by atoms with Crippen LogP contribution in [0.4, 0.5) is 5.69 Å². The summed E-state index contributed by atoms with van der Waals surface area (Å²) >= 11 is 1.28. The molecule has 1 aliphatic rings. The first-order chi connectivity index (χ1) is 18.5. The number of amides is 2. The molecule has 1 aliphatic carbocycles. The van der Waals surface area contributed by atoms with Gasteiger partial charge in [-0.15, -0.1) is 0 Å². The maximum atomic E-state index is 14.2. The molecule has 0 unspecified atom stereocenters. The molecular formula is C31H33N3O3S. The number of carbonyl (C=O) groups is 2. The topological polar surface area (TPSA) is 75.4 Å². The van der Waals surface area contributed by atoms with Crippen molar-refractivity contribution in [2.45, 2.75) is 63.3 Å². The lowest BCUT2D eigenvalue weighted by atomic mass is 9.78. The smallest absolute Gasteiger partial charge is 0.257 e. The normalized spacial score (nSPS) is 14.8. The van der Waals surface area contributed by atoms with Crippen molar-refractivity contribution in [3.63, 3.8) is 0 Å². The predicted molar refractivity (Wildman–Crippen MR) is 152 cm³/mol. The molecule has 0 spiro atoms. The summed E-state index contributed by atoms with van der Waals surface area (Å²) in [5.74, 6) is -0.0663. The first kappa shape index (κ1) is 26.0. The Morgan fingerprint density at radius 1 is 0.921 bits per heavy atom. The Morgan fingerprint density at radius 3 is 2.32 bits per heavy atom. The third-order valence-corrected chi connectivity index (χ3v) is 8.23. The molecule has 0 radical (unpaired) electrons. The third-order valence-electron chi connectivity index (χ3n) is 7.42. The van der Waals surface area contributed by atoms with Gasteiger partial charge in [-0.05, 0) is 55.5 Å². The Balaban J connectivity index is 1.45. The number of oxazole rings is 1. The summed E-state index contributed by atoms with van der Waals surface area (Å²) in [4.78, 5) is 34.5. The van der Waals surface area contributed by atoms with Gasteiger partial charge in [0, 0.05) is 12.2 Å². The zero-order chi connectivity index (χ0) is 26.5. The highest BCUT2D eigenvalue weighted by Gasteiger charge is 2.47. The molecule has 1 N–H and O–H groups in total. The van der Waals surface area contributed by atoms with Crippen molar-refractivity contribution in [3.8, 4) is 0 Å². The van der Waals surface area contributed by atoms with Crippen molar-refractivity contribution in [1.82, 2.24) is 9.88 Å². The molecule has 6 nitrogen and oxygen atoms in total. The van der Waals surface area contributed by atoms with Crippen molar-refractivity contribution in [1.29, 1.82) is 0 Å². The number of hydrogen-bond donors (Lipinski definition) is 1. The summed E-state index contributed by atoms with van der Waals surface area (Å²) in [7, 11) is 0. The Hall–Kier alpha value is -3.58. The van der Waals surface area contributed by atoms with Gasteiger partial charge in [-0.1, -0.05) is 91.7 Å². The monoisotopic (exact) mass is 527 g/mol. The van der Waals surface area contributed by atoms with Gasteiger partial charge in [0.05, 0.1) is 5.75 Å². The van der Waals surface area contributed by atoms with E-state index in [2.05, 4.69) is 10.3 Å². The lowest BCUT2D eigenvalue weighted by Gasteiger charge is -2.45. The highest BCUT2D eigenvalue weighted by molar-refractivity contribution is 7.99. The molecule has 0 bridgehead atoms. The van der Waals surface area contributed by atoms with Gasteiger partial charge in [-0.2, -0.15) is 0 Å². The van der Waals surface area contributed by atoms with Gasteiger partial charge in [0.25, 0.3) is 5.22 Å². The van der Waals surface area contributed by atoms with E-state index in [1.165, 1.54) is 11.8 Å². The van der Waals surface area contributed by atoms with Crippen LogP contribution in [0.25, 0.3) is 11.1 Å². The predicted octanol–water partition coefficient (Wildman–Crippen LogP) is 6.91. The van der Waals surface area contributed by atoms with Crippen LogP contribution in [0.2, 0.25) is 0 Å². The number of benzene rings is 3. The molecule has 38 heavy (non-hydrogen) atoms. The molecule has 1 fully saturated rings. The van der Waals surface area contributed by atoms with Crippen molar-refractivity contribution >= 4 is 40.4 Å². The fourth-order valence-corrected chi connectivity index (χ4v) is 6.07. The van der Waals surface area contributed by atoms with Crippen LogP contribution in [-0.2, 0) is 16.1 Å². The Kier molecular flexibility index (Phi) is 7.84. The Morgan fingerprint density at radius 2 is 1.61 bits per heavy atom. The number of fused-ring (bicyclic) bond motifs is 1. The molecule has 4 aromatic rings. The summed E-state index contributed by atoms with van der Waals surface area (Å²) < 4.78 is 5.84. The van der Waals surface area contributed by atoms with E-state index in [1.807, 2.05) is 91.5 Å². The Labute approximate surface area is 227 Å². The number of thioether (sulfide) groups is 1. The van der Waals surface area contributed by atoms with Crippen molar-refractivity contribution in [2.24, 2.45) is 0 Å². The van der Waals surface area contributed by atoms with E-state index in [0.29, 0.717) is 30.2 Å². The third kappa shape index (κ3) is 5.48. The molecule has 1 saturated carbocycles. The average molecular weight is 528 g/mol. The van der Waals surface area contributed by atoms with Gasteiger partial charge in [0.2, 0.25) is 11.8 Å². The number of anilines is 1. The maximum absolute atomic E-state index is 14.2. The van der Waals surface area contributed by atoms with Gasteiger partial charge in [-0.3, -0.25) is 9.59 Å². The van der Waals surface area contributed by atoms with Crippen LogP contribution in [0.3, 0.4) is 0 Å². The molecule has 196 valence electrons. The fourth-order valence-electron chi connectivity index (χ4n) is 5.36. The molecule has 1 heterocycles. The summed E-state index contributed by atoms with van der Waals surface area (Å²) in [6.45, 7) is 4.37. The molecular weight excluding hydrogens is 494 g/mol. The van der Waals surface area contributed by atoms with E-state index in [9.17, 15) is 9.59 Å². The zero-order valence-electron chi connectivity index (χ0n) is 21.9. The van der Waals surface area contributed by atoms with E-state index < -0.39 is 5.54 Å². The van der Waals surface area contributed by atoms with Crippen molar-refractivity contribution in [3.05, 3.63) is 89.5 Å². The molecule has 2 amide bonds. The quantitative estimate of drug-likeness (QED) is 0.252. The fraction of sp³-hybridized carbons (Fsp3) is 0.323. The number of aromatic nitrogens is 1. The minimum atomic E-state index is -0.929. The number of para-hydroxylation sites is 3. The van der Waals surface area contributed by atoms with Gasteiger partial charge in [0.1, 0.15) is 11.1 Å². The number of aryl methyl sites for hydroxylation is 2. The van der Waals surface area contributed by atoms with E-state index in [4.69, 9.17) is 4.42 Å². The lowest BCUT2D eigenvalue weighted by molar-refractivity contribution is -0.146. The van der Waals surface area contributed by atoms with Crippen LogP contribution in [-0.4, -0.2) is 33.0 Å². The number of nitrogens with one attached hydrogen (secondary N) is 1. The van der Waals surface area contributed by atoms with Gasteiger partial charge >= 0.3 is 0 Å². The second-order valence-electron chi connectivity index (χ2n) is 10.0. The Bertz CT molecular complexity index is 1370. The molecule has 0 aliphatic heterocycles. The van der Waals surface area contributed by atoms with Crippen LogP contribution in [0.5, 0.6) is 0 Å². The van der Waals surface area contributed by atoms with Gasteiger partial charge < -0.3 is 14.6 Å². The second kappa shape index (κ2) is 11.4. The maximum Gasteiger partial charge on any atom is 0.257 e. The minimum Gasteiger partial charge on any atom is -0.431 e. The summed E-state index contributed by atoms with van der Waals surface area (Å²) in [5.41, 5.74) is 4.38. The zero-order valence-corrected chi connectivity index (χ0v) is 22.7. The SMILES string of the molecule is Cc1cccc(C)c1NC(=O)C1(N(Cc2ccccc2)C(=O)CSc2nc3ccccc3o2)CCCCC1. The molecule has 0 saturated heterocycles. The average Bonchev–Trinajstić information content (AvgIpc) is 3.36. The summed E-state index contributed by atoms with van der Waals surface area (Å²) in [6.07, 6.45) is 4.13. The summed E-state index contributed by atoms with van der Waals surface area (Å²) in [6, 6.07) is 23.5. The van der Waals surface area contributed by atoms with Gasteiger partial charge in [-0.25, -0.2) is 4.98 Å². The number of hydrogen-bond acceptors (Lipinski definition) is 5. The highest BCUT2D eigenvalue weighted by atomic mass is 32.2. The van der Waals surface area contributed by atoms with E-state index in [0.717, 1.165) is 47.2 Å². The van der Waals surface area contributed by atoms with Crippen LogP contribution < -0.4 is 5.32 Å². The molecule has 1 aromatic heterocycles. The molecule has 3 aromatic carbocycles. The van der Waals surface area contributed by atoms with Crippen LogP contribution in [0.1, 0.15) is 48.8 Å². The lowest BCUT2D eigenvalue weighted by Crippen LogP contribution is -2.60. The van der Waals surface area contributed by atoms with Crippen molar-refractivity contribution in [2.75, 3.05) is 11.1 Å². The van der Waals surface area contributed by atoms with Gasteiger partial charge in [0.15, 0.2) is 5.58 Å². The van der Waals surface area contributed by atoms with E-state index in [1.54, 1.807) is 0 Å². The van der Waals surface area contributed by atoms with E-state index >= 15 is 0 Å². The number of rotatable bonds is 8. The second-order valence-corrected chi connectivity index (χ2v) is 10.9.